The summed E-state index contributed by atoms with van der Waals surface area (Å²) in [5.74, 6) is 1.78. The third kappa shape index (κ3) is 3.37. The standard InChI is InChI=1S/C11H14ClN7/c12-9-16-10(14-5-1-2-8-3-4-8)18-11(17-9)19-7-13-6-15-19/h6-8H,1-5H2,(H,14,16,17,18). The highest BCUT2D eigenvalue weighted by molar-refractivity contribution is 6.28. The lowest BCUT2D eigenvalue weighted by Crippen LogP contribution is -2.10. The van der Waals surface area contributed by atoms with Gasteiger partial charge in [0.1, 0.15) is 12.7 Å². The Bertz CT molecular complexity index is 538. The summed E-state index contributed by atoms with van der Waals surface area (Å²) in [5.41, 5.74) is 0. The van der Waals surface area contributed by atoms with Crippen molar-refractivity contribution in [3.63, 3.8) is 0 Å². The zero-order valence-corrected chi connectivity index (χ0v) is 11.1. The topological polar surface area (TPSA) is 81.4 Å². The van der Waals surface area contributed by atoms with Crippen LogP contribution in [0, 0.1) is 5.92 Å². The van der Waals surface area contributed by atoms with E-state index in [1.165, 1.54) is 36.6 Å². The summed E-state index contributed by atoms with van der Waals surface area (Å²) in [4.78, 5) is 16.2. The Labute approximate surface area is 115 Å². The van der Waals surface area contributed by atoms with Crippen molar-refractivity contribution in [1.29, 1.82) is 0 Å². The van der Waals surface area contributed by atoms with Crippen LogP contribution in [0.1, 0.15) is 25.7 Å². The minimum absolute atomic E-state index is 0.144. The van der Waals surface area contributed by atoms with Gasteiger partial charge in [-0.25, -0.2) is 4.98 Å². The van der Waals surface area contributed by atoms with E-state index in [4.69, 9.17) is 11.6 Å². The van der Waals surface area contributed by atoms with E-state index < -0.39 is 0 Å². The van der Waals surface area contributed by atoms with Gasteiger partial charge < -0.3 is 5.32 Å². The molecule has 2 aromatic heterocycles. The second-order valence-electron chi connectivity index (χ2n) is 4.58. The smallest absolute Gasteiger partial charge is 0.258 e. The van der Waals surface area contributed by atoms with Crippen molar-refractivity contribution < 1.29 is 0 Å². The molecule has 1 saturated carbocycles. The lowest BCUT2D eigenvalue weighted by Gasteiger charge is -2.06. The Kier molecular flexibility index (Phi) is 3.54. The molecule has 0 radical (unpaired) electrons. The summed E-state index contributed by atoms with van der Waals surface area (Å²) in [5, 5.41) is 7.27. The van der Waals surface area contributed by atoms with Gasteiger partial charge in [0, 0.05) is 6.54 Å². The van der Waals surface area contributed by atoms with Gasteiger partial charge >= 0.3 is 0 Å². The van der Waals surface area contributed by atoms with Crippen LogP contribution in [0.5, 0.6) is 0 Å². The van der Waals surface area contributed by atoms with Gasteiger partial charge in [0.25, 0.3) is 5.95 Å². The van der Waals surface area contributed by atoms with Crippen molar-refractivity contribution in [3.8, 4) is 5.95 Å². The molecule has 8 heteroatoms. The number of nitrogens with zero attached hydrogens (tertiary/aromatic N) is 6. The molecule has 0 amide bonds. The van der Waals surface area contributed by atoms with E-state index >= 15 is 0 Å². The van der Waals surface area contributed by atoms with Crippen molar-refractivity contribution >= 4 is 17.5 Å². The number of rotatable bonds is 6. The van der Waals surface area contributed by atoms with E-state index in [-0.39, 0.29) is 5.28 Å². The summed E-state index contributed by atoms with van der Waals surface area (Å²) < 4.78 is 1.45. The molecule has 0 aromatic carbocycles. The molecule has 100 valence electrons. The summed E-state index contributed by atoms with van der Waals surface area (Å²) in [6.07, 6.45) is 8.08. The highest BCUT2D eigenvalue weighted by Crippen LogP contribution is 2.33. The molecule has 2 aromatic rings. The molecule has 2 heterocycles. The van der Waals surface area contributed by atoms with Gasteiger partial charge in [-0.1, -0.05) is 12.8 Å². The Morgan fingerprint density at radius 3 is 2.95 bits per heavy atom. The molecular weight excluding hydrogens is 266 g/mol. The van der Waals surface area contributed by atoms with Crippen LogP contribution in [0.15, 0.2) is 12.7 Å². The SMILES string of the molecule is Clc1nc(NCCCC2CC2)nc(-n2cncn2)n1. The van der Waals surface area contributed by atoms with E-state index in [0.29, 0.717) is 11.9 Å². The monoisotopic (exact) mass is 279 g/mol. The normalized spacial score (nSPS) is 14.6. The zero-order valence-electron chi connectivity index (χ0n) is 10.3. The van der Waals surface area contributed by atoms with E-state index in [9.17, 15) is 0 Å². The highest BCUT2D eigenvalue weighted by atomic mass is 35.5. The zero-order chi connectivity index (χ0) is 13.1. The first-order chi connectivity index (χ1) is 9.31. The van der Waals surface area contributed by atoms with E-state index in [1.54, 1.807) is 0 Å². The molecule has 0 aliphatic heterocycles. The fourth-order valence-corrected chi connectivity index (χ4v) is 1.99. The average molecular weight is 280 g/mol. The van der Waals surface area contributed by atoms with Crippen LogP contribution in [0.25, 0.3) is 5.95 Å². The van der Waals surface area contributed by atoms with Gasteiger partial charge in [-0.2, -0.15) is 24.7 Å². The minimum atomic E-state index is 0.144. The largest absolute Gasteiger partial charge is 0.354 e. The molecule has 0 saturated heterocycles. The second-order valence-corrected chi connectivity index (χ2v) is 4.92. The third-order valence-corrected chi connectivity index (χ3v) is 3.16. The first kappa shape index (κ1) is 12.3. The summed E-state index contributed by atoms with van der Waals surface area (Å²) in [7, 11) is 0. The molecule has 7 nitrogen and oxygen atoms in total. The third-order valence-electron chi connectivity index (χ3n) is 2.99. The van der Waals surface area contributed by atoms with Crippen LogP contribution in [-0.4, -0.2) is 36.3 Å². The lowest BCUT2D eigenvalue weighted by atomic mass is 10.2. The van der Waals surface area contributed by atoms with Gasteiger partial charge in [0.05, 0.1) is 0 Å². The van der Waals surface area contributed by atoms with Gasteiger partial charge in [0.2, 0.25) is 11.2 Å². The average Bonchev–Trinajstić information content (AvgIpc) is 3.05. The fraction of sp³-hybridized carbons (Fsp3) is 0.545. The molecule has 0 unspecified atom stereocenters. The Hall–Kier alpha value is -1.76. The van der Waals surface area contributed by atoms with Crippen molar-refractivity contribution in [2.45, 2.75) is 25.7 Å². The van der Waals surface area contributed by atoms with Crippen LogP contribution >= 0.6 is 11.6 Å². The predicted molar refractivity (Wildman–Crippen MR) is 70.2 cm³/mol. The summed E-state index contributed by atoms with van der Waals surface area (Å²) in [6, 6.07) is 0. The Morgan fingerprint density at radius 2 is 2.21 bits per heavy atom. The number of anilines is 1. The lowest BCUT2D eigenvalue weighted by molar-refractivity contribution is 0.684. The molecule has 0 atom stereocenters. The summed E-state index contributed by atoms with van der Waals surface area (Å²) >= 11 is 5.88. The van der Waals surface area contributed by atoms with Crippen molar-refractivity contribution in [3.05, 3.63) is 17.9 Å². The van der Waals surface area contributed by atoms with Gasteiger partial charge in [0.15, 0.2) is 0 Å². The highest BCUT2D eigenvalue weighted by Gasteiger charge is 2.20. The number of hydrogen-bond donors (Lipinski definition) is 1. The van der Waals surface area contributed by atoms with Crippen LogP contribution in [0.4, 0.5) is 5.95 Å². The second kappa shape index (κ2) is 5.48. The van der Waals surface area contributed by atoms with Crippen LogP contribution < -0.4 is 5.32 Å². The molecule has 1 aliphatic carbocycles. The Morgan fingerprint density at radius 1 is 1.32 bits per heavy atom. The first-order valence-electron chi connectivity index (χ1n) is 6.32. The van der Waals surface area contributed by atoms with Gasteiger partial charge in [-0.15, -0.1) is 0 Å². The molecule has 1 N–H and O–H groups in total. The first-order valence-corrected chi connectivity index (χ1v) is 6.69. The van der Waals surface area contributed by atoms with Crippen molar-refractivity contribution in [2.75, 3.05) is 11.9 Å². The van der Waals surface area contributed by atoms with E-state index in [1.807, 2.05) is 0 Å². The van der Waals surface area contributed by atoms with Crippen LogP contribution in [-0.2, 0) is 0 Å². The Balaban J connectivity index is 1.63. The van der Waals surface area contributed by atoms with E-state index in [2.05, 4.69) is 30.4 Å². The quantitative estimate of drug-likeness (QED) is 0.811. The minimum Gasteiger partial charge on any atom is -0.354 e. The maximum atomic E-state index is 5.88. The van der Waals surface area contributed by atoms with Crippen molar-refractivity contribution in [2.24, 2.45) is 5.92 Å². The van der Waals surface area contributed by atoms with Gasteiger partial charge in [-0.05, 0) is 30.4 Å². The predicted octanol–water partition coefficient (Wildman–Crippen LogP) is 1.71. The molecular formula is C11H14ClN7. The maximum Gasteiger partial charge on any atom is 0.258 e. The van der Waals surface area contributed by atoms with Crippen molar-refractivity contribution in [1.82, 2.24) is 29.7 Å². The summed E-state index contributed by atoms with van der Waals surface area (Å²) in [6.45, 7) is 0.841. The fourth-order valence-electron chi connectivity index (χ4n) is 1.83. The number of halogens is 1. The number of nitrogens with one attached hydrogen (secondary N) is 1. The maximum absolute atomic E-state index is 5.88. The van der Waals surface area contributed by atoms with E-state index in [0.717, 1.165) is 18.9 Å². The molecule has 3 rings (SSSR count). The number of hydrogen-bond acceptors (Lipinski definition) is 6. The molecule has 1 aliphatic rings. The van der Waals surface area contributed by atoms with Gasteiger partial charge in [-0.3, -0.25) is 0 Å². The number of aromatic nitrogens is 6. The van der Waals surface area contributed by atoms with Crippen LogP contribution in [0.2, 0.25) is 5.28 Å². The molecule has 19 heavy (non-hydrogen) atoms. The molecule has 0 spiro atoms. The van der Waals surface area contributed by atoms with Crippen LogP contribution in [0.3, 0.4) is 0 Å². The molecule has 0 bridgehead atoms. The molecule has 1 fully saturated rings.